The molecule has 3 N–H and O–H groups in total. The number of amides is 3. The Kier molecular flexibility index (Phi) is 9.93. The summed E-state index contributed by atoms with van der Waals surface area (Å²) < 4.78 is 91.1. The number of aromatic nitrogens is 3. The molecule has 4 aromatic rings. The zero-order valence-corrected chi connectivity index (χ0v) is 27.1. The minimum Gasteiger partial charge on any atom is -0.444 e. The average molecular weight is 703 g/mol. The summed E-state index contributed by atoms with van der Waals surface area (Å²) in [7, 11) is 0. The predicted octanol–water partition coefficient (Wildman–Crippen LogP) is 5.87. The zero-order chi connectivity index (χ0) is 36.5. The van der Waals surface area contributed by atoms with Crippen LogP contribution in [0.5, 0.6) is 0 Å². The summed E-state index contributed by atoms with van der Waals surface area (Å²) in [4.78, 5) is 43.9. The van der Waals surface area contributed by atoms with Gasteiger partial charge in [-0.1, -0.05) is 12.1 Å². The van der Waals surface area contributed by atoms with Gasteiger partial charge < -0.3 is 20.7 Å². The van der Waals surface area contributed by atoms with Crippen molar-refractivity contribution >= 4 is 17.9 Å². The molecule has 16 heteroatoms. The molecule has 2 aromatic heterocycles. The maximum atomic E-state index is 14.3. The predicted molar refractivity (Wildman–Crippen MR) is 167 cm³/mol. The van der Waals surface area contributed by atoms with Gasteiger partial charge >= 0.3 is 12.3 Å². The number of hydrogen-bond acceptors (Lipinski definition) is 6. The van der Waals surface area contributed by atoms with Gasteiger partial charge in [-0.05, 0) is 75.1 Å². The van der Waals surface area contributed by atoms with Crippen molar-refractivity contribution in [1.82, 2.24) is 25.0 Å². The number of halogens is 6. The summed E-state index contributed by atoms with van der Waals surface area (Å²) in [5.74, 6) is -4.56. The minimum absolute atomic E-state index is 0.0165. The molecular weight excluding hydrogens is 670 g/mol. The molecule has 0 bridgehead atoms. The molecule has 1 aliphatic heterocycles. The third-order valence-corrected chi connectivity index (χ3v) is 7.76. The normalized spacial score (nSPS) is 13.8. The number of hydrogen-bond donors (Lipinski definition) is 2. The van der Waals surface area contributed by atoms with Crippen LogP contribution < -0.4 is 11.1 Å². The summed E-state index contributed by atoms with van der Waals surface area (Å²) in [6.45, 7) is 3.81. The molecular formula is C34H32F6N6O4. The summed E-state index contributed by atoms with van der Waals surface area (Å²) >= 11 is 0. The van der Waals surface area contributed by atoms with E-state index in [1.54, 1.807) is 26.8 Å². The lowest BCUT2D eigenvalue weighted by molar-refractivity contribution is -0.142. The van der Waals surface area contributed by atoms with Crippen molar-refractivity contribution in [3.8, 4) is 11.1 Å². The molecule has 0 saturated heterocycles. The van der Waals surface area contributed by atoms with E-state index in [0.29, 0.717) is 11.6 Å². The van der Waals surface area contributed by atoms with E-state index >= 15 is 0 Å². The number of carbonyl (C=O) groups is 3. The smallest absolute Gasteiger partial charge is 0.435 e. The Morgan fingerprint density at radius 1 is 1.02 bits per heavy atom. The molecule has 2 aromatic carbocycles. The van der Waals surface area contributed by atoms with Gasteiger partial charge in [-0.2, -0.15) is 18.3 Å². The highest BCUT2D eigenvalue weighted by Crippen LogP contribution is 2.36. The number of rotatable bonds is 8. The Morgan fingerprint density at radius 3 is 2.36 bits per heavy atom. The van der Waals surface area contributed by atoms with Crippen molar-refractivity contribution in [2.24, 2.45) is 5.73 Å². The van der Waals surface area contributed by atoms with E-state index in [1.807, 2.05) is 0 Å². The number of benzene rings is 2. The average Bonchev–Trinajstić information content (AvgIpc) is 3.37. The van der Waals surface area contributed by atoms with Crippen molar-refractivity contribution < 1.29 is 45.5 Å². The van der Waals surface area contributed by atoms with Crippen LogP contribution in [0, 0.1) is 17.5 Å². The number of alkyl halides is 3. The Balaban J connectivity index is 1.51. The summed E-state index contributed by atoms with van der Waals surface area (Å²) in [6, 6.07) is 8.20. The number of nitrogens with one attached hydrogen (secondary N) is 1. The molecule has 0 spiro atoms. The molecule has 3 amide bonds. The van der Waals surface area contributed by atoms with E-state index in [1.165, 1.54) is 29.3 Å². The van der Waals surface area contributed by atoms with E-state index in [-0.39, 0.29) is 54.0 Å². The number of nitrogens with zero attached hydrogens (tertiary/aromatic N) is 4. The number of pyridine rings is 1. The lowest BCUT2D eigenvalue weighted by Gasteiger charge is -2.30. The second kappa shape index (κ2) is 13.8. The standard InChI is InChI=1S/C34H32F6N6O4/c1-33(2,3)50-32(49)45-10-8-23-27(16-45)46(44-30(23)34(38,39)40)17-28(47)43-26(13-18-11-20(35)15-21(36)12-18)29-22(5-4-9-42-29)19-6-7-25(37)24(14-19)31(41)48/h4-7,9,11-12,14-15,26H,8,10,13,16-17H2,1-3H3,(H2,41,48)(H,43,47). The molecule has 10 nitrogen and oxygen atoms in total. The maximum Gasteiger partial charge on any atom is 0.435 e. The largest absolute Gasteiger partial charge is 0.444 e. The second-order valence-corrected chi connectivity index (χ2v) is 12.7. The van der Waals surface area contributed by atoms with E-state index in [9.17, 15) is 40.7 Å². The number of nitrogens with two attached hydrogens (primary N) is 1. The van der Waals surface area contributed by atoms with Gasteiger partial charge in [-0.25, -0.2) is 18.0 Å². The quantitative estimate of drug-likeness (QED) is 0.221. The van der Waals surface area contributed by atoms with E-state index < -0.39 is 71.0 Å². The molecule has 264 valence electrons. The van der Waals surface area contributed by atoms with Gasteiger partial charge in [0.05, 0.1) is 29.5 Å². The monoisotopic (exact) mass is 702 g/mol. The van der Waals surface area contributed by atoms with Gasteiger partial charge in [0.25, 0.3) is 5.91 Å². The van der Waals surface area contributed by atoms with Crippen LogP contribution in [-0.4, -0.2) is 49.7 Å². The number of carbonyl (C=O) groups excluding carboxylic acids is 3. The third-order valence-electron chi connectivity index (χ3n) is 7.76. The molecule has 3 heterocycles. The maximum absolute atomic E-state index is 14.3. The van der Waals surface area contributed by atoms with Crippen molar-refractivity contribution in [3.05, 3.63) is 106 Å². The van der Waals surface area contributed by atoms with Gasteiger partial charge in [0, 0.05) is 29.9 Å². The second-order valence-electron chi connectivity index (χ2n) is 12.7. The number of ether oxygens (including phenoxy) is 1. The first kappa shape index (κ1) is 35.9. The van der Waals surface area contributed by atoms with Crippen molar-refractivity contribution in [2.75, 3.05) is 6.54 Å². The highest BCUT2D eigenvalue weighted by atomic mass is 19.4. The Bertz CT molecular complexity index is 1940. The van der Waals surface area contributed by atoms with E-state index in [0.717, 1.165) is 22.9 Å². The van der Waals surface area contributed by atoms with Crippen LogP contribution in [0.25, 0.3) is 11.1 Å². The lowest BCUT2D eigenvalue weighted by atomic mass is 9.94. The lowest BCUT2D eigenvalue weighted by Crippen LogP contribution is -2.41. The van der Waals surface area contributed by atoms with Crippen LogP contribution in [0.2, 0.25) is 0 Å². The first-order valence-corrected chi connectivity index (χ1v) is 15.3. The van der Waals surface area contributed by atoms with Gasteiger partial charge in [0.2, 0.25) is 5.91 Å². The van der Waals surface area contributed by atoms with Crippen LogP contribution in [-0.2, 0) is 41.6 Å². The Hall–Kier alpha value is -5.41. The van der Waals surface area contributed by atoms with Crippen molar-refractivity contribution in [1.29, 1.82) is 0 Å². The molecule has 5 rings (SSSR count). The fraction of sp³-hybridized carbons (Fsp3) is 0.324. The molecule has 0 fully saturated rings. The van der Waals surface area contributed by atoms with Crippen molar-refractivity contribution in [2.45, 2.75) is 64.5 Å². The fourth-order valence-electron chi connectivity index (χ4n) is 5.70. The summed E-state index contributed by atoms with van der Waals surface area (Å²) in [5.41, 5.74) is 3.46. The molecule has 50 heavy (non-hydrogen) atoms. The zero-order valence-electron chi connectivity index (χ0n) is 27.1. The van der Waals surface area contributed by atoms with Gasteiger partial charge in [-0.3, -0.25) is 19.3 Å². The third kappa shape index (κ3) is 8.23. The SMILES string of the molecule is CC(C)(C)OC(=O)N1CCc2c(C(F)(F)F)nn(CC(=O)NC(Cc3cc(F)cc(F)c3)c3ncccc3-c3ccc(F)c(C(N)=O)c3)c2C1. The molecule has 1 aliphatic rings. The topological polar surface area (TPSA) is 132 Å². The molecule has 0 aliphatic carbocycles. The van der Waals surface area contributed by atoms with Crippen molar-refractivity contribution in [3.63, 3.8) is 0 Å². The number of fused-ring (bicyclic) bond motifs is 1. The minimum atomic E-state index is -4.86. The molecule has 0 saturated carbocycles. The molecule has 1 unspecified atom stereocenters. The van der Waals surface area contributed by atoms with E-state index in [4.69, 9.17) is 10.5 Å². The first-order chi connectivity index (χ1) is 23.4. The van der Waals surface area contributed by atoms with E-state index in [2.05, 4.69) is 15.4 Å². The highest BCUT2D eigenvalue weighted by Gasteiger charge is 2.41. The Morgan fingerprint density at radius 2 is 1.72 bits per heavy atom. The Labute approximate surface area is 282 Å². The van der Waals surface area contributed by atoms with Gasteiger partial charge in [0.1, 0.15) is 29.6 Å². The first-order valence-electron chi connectivity index (χ1n) is 15.3. The summed E-state index contributed by atoms with van der Waals surface area (Å²) in [6.07, 6.45) is -4.68. The van der Waals surface area contributed by atoms with Crippen LogP contribution in [0.1, 0.15) is 65.4 Å². The molecule has 1 atom stereocenters. The summed E-state index contributed by atoms with van der Waals surface area (Å²) in [5, 5.41) is 6.40. The highest BCUT2D eigenvalue weighted by molar-refractivity contribution is 5.94. The van der Waals surface area contributed by atoms with Crippen LogP contribution >= 0.6 is 0 Å². The van der Waals surface area contributed by atoms with Crippen LogP contribution in [0.4, 0.5) is 31.1 Å². The molecule has 0 radical (unpaired) electrons. The number of primary amides is 1. The van der Waals surface area contributed by atoms with Crippen LogP contribution in [0.15, 0.2) is 54.7 Å². The van der Waals surface area contributed by atoms with Gasteiger partial charge in [0.15, 0.2) is 5.69 Å². The fourth-order valence-corrected chi connectivity index (χ4v) is 5.70. The van der Waals surface area contributed by atoms with Gasteiger partial charge in [-0.15, -0.1) is 0 Å². The van der Waals surface area contributed by atoms with Crippen LogP contribution in [0.3, 0.4) is 0 Å².